The molecule has 5 aliphatic rings. The monoisotopic (exact) mass is 350 g/mol. The van der Waals surface area contributed by atoms with Crippen molar-refractivity contribution in [3.63, 3.8) is 0 Å². The topological polar surface area (TPSA) is 58.2 Å². The second-order valence-corrected chi connectivity index (χ2v) is 10.1. The van der Waals surface area contributed by atoms with Gasteiger partial charge in [-0.05, 0) is 69.1 Å². The van der Waals surface area contributed by atoms with E-state index in [-0.39, 0.29) is 17.5 Å². The minimum Gasteiger partial charge on any atom is -0.332 e. The molecule has 24 heavy (non-hydrogen) atoms. The molecule has 0 saturated heterocycles. The minimum atomic E-state index is -0.258. The van der Waals surface area contributed by atoms with E-state index < -0.39 is 0 Å². The molecule has 2 N–H and O–H groups in total. The number of urea groups is 1. The zero-order valence-electron chi connectivity index (χ0n) is 14.5. The summed E-state index contributed by atoms with van der Waals surface area (Å²) in [6.07, 6.45) is 13.8. The lowest BCUT2D eigenvalue weighted by molar-refractivity contribution is -0.117. The van der Waals surface area contributed by atoms with E-state index in [0.717, 1.165) is 37.0 Å². The third-order valence-electron chi connectivity index (χ3n) is 6.67. The smallest absolute Gasteiger partial charge is 0.321 e. The van der Waals surface area contributed by atoms with Crippen molar-refractivity contribution in [1.82, 2.24) is 10.6 Å². The SMILES string of the molecule is O=C(CSC1CCCCC1)NC(=O)NC12CC3CC(CC(C3)C1)C2. The van der Waals surface area contributed by atoms with Gasteiger partial charge >= 0.3 is 6.03 Å². The molecule has 0 aliphatic heterocycles. The Kier molecular flexibility index (Phi) is 4.81. The van der Waals surface area contributed by atoms with Gasteiger partial charge in [0.25, 0.3) is 0 Å². The van der Waals surface area contributed by atoms with Gasteiger partial charge in [0, 0.05) is 10.8 Å². The largest absolute Gasteiger partial charge is 0.332 e. The maximum absolute atomic E-state index is 12.3. The zero-order valence-corrected chi connectivity index (χ0v) is 15.3. The van der Waals surface area contributed by atoms with E-state index in [2.05, 4.69) is 10.6 Å². The molecule has 0 unspecified atom stereocenters. The molecule has 3 amide bonds. The van der Waals surface area contributed by atoms with Crippen LogP contribution in [0.1, 0.15) is 70.6 Å². The predicted octanol–water partition coefficient (Wildman–Crippen LogP) is 3.85. The lowest BCUT2D eigenvalue weighted by Crippen LogP contribution is -2.61. The van der Waals surface area contributed by atoms with Gasteiger partial charge in [0.1, 0.15) is 0 Å². The lowest BCUT2D eigenvalue weighted by Gasteiger charge is -2.56. The first-order valence-electron chi connectivity index (χ1n) is 9.84. The summed E-state index contributed by atoms with van der Waals surface area (Å²) in [7, 11) is 0. The van der Waals surface area contributed by atoms with E-state index in [9.17, 15) is 9.59 Å². The first-order chi connectivity index (χ1) is 11.6. The second-order valence-electron chi connectivity index (χ2n) is 8.77. The Morgan fingerprint density at radius 2 is 1.50 bits per heavy atom. The fraction of sp³-hybridized carbons (Fsp3) is 0.895. The molecule has 5 saturated carbocycles. The summed E-state index contributed by atoms with van der Waals surface area (Å²) < 4.78 is 0. The van der Waals surface area contributed by atoms with Crippen LogP contribution in [0.3, 0.4) is 0 Å². The Balaban J connectivity index is 1.24. The molecule has 5 fully saturated rings. The highest BCUT2D eigenvalue weighted by molar-refractivity contribution is 8.00. The van der Waals surface area contributed by atoms with Crippen LogP contribution in [0.5, 0.6) is 0 Å². The highest BCUT2D eigenvalue weighted by atomic mass is 32.2. The van der Waals surface area contributed by atoms with Crippen LogP contribution in [-0.2, 0) is 4.79 Å². The van der Waals surface area contributed by atoms with Crippen molar-refractivity contribution in [2.24, 2.45) is 17.8 Å². The first kappa shape index (κ1) is 16.7. The number of nitrogens with one attached hydrogen (secondary N) is 2. The fourth-order valence-corrected chi connectivity index (χ4v) is 7.25. The maximum atomic E-state index is 12.3. The van der Waals surface area contributed by atoms with E-state index >= 15 is 0 Å². The van der Waals surface area contributed by atoms with E-state index in [4.69, 9.17) is 0 Å². The first-order valence-corrected chi connectivity index (χ1v) is 10.9. The molecule has 0 spiro atoms. The van der Waals surface area contributed by atoms with E-state index in [1.165, 1.54) is 51.4 Å². The number of imide groups is 1. The highest BCUT2D eigenvalue weighted by Crippen LogP contribution is 2.55. The molecule has 134 valence electrons. The predicted molar refractivity (Wildman–Crippen MR) is 96.9 cm³/mol. The van der Waals surface area contributed by atoms with Gasteiger partial charge < -0.3 is 5.32 Å². The molecular formula is C19H30N2O2S. The quantitative estimate of drug-likeness (QED) is 0.810. The van der Waals surface area contributed by atoms with Crippen LogP contribution in [-0.4, -0.2) is 28.5 Å². The van der Waals surface area contributed by atoms with E-state index in [1.54, 1.807) is 11.8 Å². The summed E-state index contributed by atoms with van der Waals surface area (Å²) in [6.45, 7) is 0. The zero-order chi connectivity index (χ0) is 16.6. The van der Waals surface area contributed by atoms with Crippen LogP contribution >= 0.6 is 11.8 Å². The average Bonchev–Trinajstić information content (AvgIpc) is 2.52. The number of thioether (sulfide) groups is 1. The van der Waals surface area contributed by atoms with Gasteiger partial charge in [-0.25, -0.2) is 4.79 Å². The Morgan fingerprint density at radius 1 is 0.917 bits per heavy atom. The van der Waals surface area contributed by atoms with Gasteiger partial charge in [-0.15, -0.1) is 11.8 Å². The Hall–Kier alpha value is -0.710. The standard InChI is InChI=1S/C19H30N2O2S/c22-17(12-24-16-4-2-1-3-5-16)20-18(23)21-19-9-13-6-14(10-19)8-15(7-13)11-19/h13-16H,1-12H2,(H2,20,21,22,23). The van der Waals surface area contributed by atoms with Crippen molar-refractivity contribution in [3.05, 3.63) is 0 Å². The average molecular weight is 351 g/mol. The van der Waals surface area contributed by atoms with Gasteiger partial charge in [-0.3, -0.25) is 10.1 Å². The molecule has 0 heterocycles. The molecule has 0 aromatic heterocycles. The number of hydrogen-bond donors (Lipinski definition) is 2. The lowest BCUT2D eigenvalue weighted by atomic mass is 9.53. The van der Waals surface area contributed by atoms with Gasteiger partial charge in [-0.2, -0.15) is 0 Å². The third-order valence-corrected chi connectivity index (χ3v) is 8.04. The summed E-state index contributed by atoms with van der Waals surface area (Å²) in [5.41, 5.74) is -0.0182. The van der Waals surface area contributed by atoms with Crippen molar-refractivity contribution < 1.29 is 9.59 Å². The number of hydrogen-bond acceptors (Lipinski definition) is 3. The molecule has 0 aromatic rings. The van der Waals surface area contributed by atoms with Crippen LogP contribution in [0.25, 0.3) is 0 Å². The van der Waals surface area contributed by atoms with Gasteiger partial charge in [0.2, 0.25) is 5.91 Å². The van der Waals surface area contributed by atoms with Gasteiger partial charge in [0.15, 0.2) is 0 Å². The van der Waals surface area contributed by atoms with E-state index in [0.29, 0.717) is 11.0 Å². The van der Waals surface area contributed by atoms with Crippen LogP contribution in [0.2, 0.25) is 0 Å². The summed E-state index contributed by atoms with van der Waals surface area (Å²) in [5, 5.41) is 6.41. The van der Waals surface area contributed by atoms with Crippen LogP contribution in [0.4, 0.5) is 4.79 Å². The second kappa shape index (κ2) is 6.89. The van der Waals surface area contributed by atoms with Crippen molar-refractivity contribution in [3.8, 4) is 0 Å². The number of carbonyl (C=O) groups excluding carboxylic acids is 2. The van der Waals surface area contributed by atoms with Gasteiger partial charge in [0.05, 0.1) is 5.75 Å². The van der Waals surface area contributed by atoms with E-state index in [1.807, 2.05) is 0 Å². The Bertz CT molecular complexity index is 466. The van der Waals surface area contributed by atoms with Crippen molar-refractivity contribution in [2.75, 3.05) is 5.75 Å². The van der Waals surface area contributed by atoms with Crippen LogP contribution < -0.4 is 10.6 Å². The van der Waals surface area contributed by atoms with Crippen LogP contribution in [0.15, 0.2) is 0 Å². The molecule has 5 aliphatic carbocycles. The summed E-state index contributed by atoms with van der Waals surface area (Å²) in [5.74, 6) is 2.68. The molecule has 5 heteroatoms. The Labute approximate surface area is 149 Å². The van der Waals surface area contributed by atoms with Gasteiger partial charge in [-0.1, -0.05) is 19.3 Å². The normalized spacial score (nSPS) is 38.1. The molecule has 4 nitrogen and oxygen atoms in total. The van der Waals surface area contributed by atoms with Crippen molar-refractivity contribution in [2.45, 2.75) is 81.4 Å². The van der Waals surface area contributed by atoms with Crippen molar-refractivity contribution >= 4 is 23.7 Å². The fourth-order valence-electron chi connectivity index (χ4n) is 6.12. The third kappa shape index (κ3) is 3.76. The molecule has 0 aromatic carbocycles. The molecular weight excluding hydrogens is 320 g/mol. The minimum absolute atomic E-state index is 0.0182. The number of carbonyl (C=O) groups is 2. The molecule has 0 atom stereocenters. The number of amides is 3. The Morgan fingerprint density at radius 3 is 2.08 bits per heavy atom. The van der Waals surface area contributed by atoms with Crippen LogP contribution in [0, 0.1) is 17.8 Å². The highest BCUT2D eigenvalue weighted by Gasteiger charge is 2.51. The number of rotatable bonds is 4. The molecule has 5 rings (SSSR count). The maximum Gasteiger partial charge on any atom is 0.321 e. The van der Waals surface area contributed by atoms with Crippen molar-refractivity contribution in [1.29, 1.82) is 0 Å². The summed E-state index contributed by atoms with van der Waals surface area (Å²) >= 11 is 1.73. The summed E-state index contributed by atoms with van der Waals surface area (Å²) in [6, 6.07) is -0.258. The summed E-state index contributed by atoms with van der Waals surface area (Å²) in [4.78, 5) is 24.4. The molecule has 4 bridgehead atoms. The molecule has 0 radical (unpaired) electrons.